The molecule has 1 atom stereocenters. The molecule has 0 radical (unpaired) electrons. The van der Waals surface area contributed by atoms with E-state index in [2.05, 4.69) is 0 Å². The minimum atomic E-state index is -0.687. The van der Waals surface area contributed by atoms with Crippen molar-refractivity contribution in [2.45, 2.75) is 12.7 Å². The number of hydrogen-bond donors (Lipinski definition) is 3. The highest BCUT2D eigenvalue weighted by molar-refractivity contribution is 5.85. The van der Waals surface area contributed by atoms with Gasteiger partial charge in [0, 0.05) is 19.6 Å². The van der Waals surface area contributed by atoms with E-state index in [4.69, 9.17) is 24.4 Å². The molecular weight excluding hydrogens is 338 g/mol. The fourth-order valence-corrected chi connectivity index (χ4v) is 2.21. The van der Waals surface area contributed by atoms with Crippen molar-refractivity contribution >= 4 is 12.4 Å². The molecule has 0 saturated heterocycles. The van der Waals surface area contributed by atoms with Crippen LogP contribution in [0.3, 0.4) is 0 Å². The monoisotopic (exact) mass is 365 g/mol. The summed E-state index contributed by atoms with van der Waals surface area (Å²) in [4.78, 5) is 1.78. The van der Waals surface area contributed by atoms with Crippen LogP contribution in [0.5, 0.6) is 11.5 Å². The lowest BCUT2D eigenvalue weighted by Crippen LogP contribution is -2.38. The summed E-state index contributed by atoms with van der Waals surface area (Å²) >= 11 is 0. The van der Waals surface area contributed by atoms with Crippen LogP contribution in [0, 0.1) is 0 Å². The van der Waals surface area contributed by atoms with Crippen LogP contribution in [0.4, 0.5) is 0 Å². The summed E-state index contributed by atoms with van der Waals surface area (Å²) in [6.45, 7) is 1.64. The highest BCUT2D eigenvalue weighted by Crippen LogP contribution is 2.27. The highest BCUT2D eigenvalue weighted by Gasteiger charge is 2.12. The predicted molar refractivity (Wildman–Crippen MR) is 93.1 cm³/mol. The normalized spacial score (nSPS) is 11.9. The summed E-state index contributed by atoms with van der Waals surface area (Å²) in [5.74, 6) is 1.28. The Morgan fingerprint density at radius 3 is 2.21 bits per heavy atom. The quantitative estimate of drug-likeness (QED) is 0.490. The number of aliphatic hydroxyl groups excluding tert-OH is 3. The molecule has 0 aliphatic heterocycles. The zero-order chi connectivity index (χ0) is 17.1. The Labute approximate surface area is 149 Å². The van der Waals surface area contributed by atoms with Crippen LogP contribution in [0.15, 0.2) is 18.2 Å². The van der Waals surface area contributed by atoms with Gasteiger partial charge in [-0.25, -0.2) is 0 Å². The van der Waals surface area contributed by atoms with E-state index in [9.17, 15) is 5.11 Å². The maximum absolute atomic E-state index is 9.96. The first-order valence-corrected chi connectivity index (χ1v) is 7.55. The van der Waals surface area contributed by atoms with Gasteiger partial charge in [0.25, 0.3) is 0 Å². The second kappa shape index (κ2) is 13.2. The van der Waals surface area contributed by atoms with Gasteiger partial charge in [-0.3, -0.25) is 4.90 Å². The topological polar surface area (TPSA) is 91.6 Å². The van der Waals surface area contributed by atoms with Gasteiger partial charge in [-0.15, -0.1) is 12.4 Å². The molecule has 3 N–H and O–H groups in total. The Hall–Kier alpha value is -1.09. The largest absolute Gasteiger partial charge is 0.493 e. The standard InChI is InChI=1S/C16H27NO6.ClH/c1-21-15-4-3-13(9-16(15)22-2)11-23-12-14(20)10-17(5-7-18)6-8-19;/h3-4,9,14,18-20H,5-8,10-12H2,1-2H3;1H. The number of aliphatic hydroxyl groups is 3. The fourth-order valence-electron chi connectivity index (χ4n) is 2.21. The first-order chi connectivity index (χ1) is 11.1. The molecule has 7 nitrogen and oxygen atoms in total. The van der Waals surface area contributed by atoms with Crippen molar-refractivity contribution < 1.29 is 29.5 Å². The summed E-state index contributed by atoms with van der Waals surface area (Å²) < 4.78 is 15.9. The van der Waals surface area contributed by atoms with E-state index in [1.807, 2.05) is 12.1 Å². The van der Waals surface area contributed by atoms with Crippen LogP contribution < -0.4 is 9.47 Å². The van der Waals surface area contributed by atoms with Gasteiger partial charge in [-0.1, -0.05) is 6.07 Å². The van der Waals surface area contributed by atoms with E-state index in [-0.39, 0.29) is 32.2 Å². The Morgan fingerprint density at radius 2 is 1.67 bits per heavy atom. The number of benzene rings is 1. The first kappa shape index (κ1) is 22.9. The zero-order valence-electron chi connectivity index (χ0n) is 14.2. The van der Waals surface area contributed by atoms with Gasteiger partial charge in [0.15, 0.2) is 11.5 Å². The van der Waals surface area contributed by atoms with Gasteiger partial charge in [0.05, 0.1) is 46.8 Å². The molecule has 24 heavy (non-hydrogen) atoms. The molecule has 0 heterocycles. The van der Waals surface area contributed by atoms with E-state index in [1.165, 1.54) is 0 Å². The van der Waals surface area contributed by atoms with Crippen molar-refractivity contribution in [1.82, 2.24) is 4.90 Å². The third kappa shape index (κ3) is 8.14. The Morgan fingerprint density at radius 1 is 1.04 bits per heavy atom. The van der Waals surface area contributed by atoms with E-state index in [0.717, 1.165) is 5.56 Å². The average Bonchev–Trinajstić information content (AvgIpc) is 2.55. The van der Waals surface area contributed by atoms with Crippen LogP contribution >= 0.6 is 12.4 Å². The molecule has 140 valence electrons. The maximum Gasteiger partial charge on any atom is 0.161 e. The Balaban J connectivity index is 0.00000529. The maximum atomic E-state index is 9.96. The summed E-state index contributed by atoms with van der Waals surface area (Å²) in [5, 5.41) is 27.8. The van der Waals surface area contributed by atoms with Gasteiger partial charge in [0.1, 0.15) is 0 Å². The third-order valence-electron chi connectivity index (χ3n) is 3.33. The van der Waals surface area contributed by atoms with Crippen LogP contribution in [0.1, 0.15) is 5.56 Å². The molecule has 0 amide bonds. The van der Waals surface area contributed by atoms with Gasteiger partial charge in [0.2, 0.25) is 0 Å². The highest BCUT2D eigenvalue weighted by atomic mass is 35.5. The molecule has 0 aliphatic carbocycles. The minimum absolute atomic E-state index is 0. The Kier molecular flexibility index (Phi) is 12.6. The lowest BCUT2D eigenvalue weighted by molar-refractivity contribution is 0.00520. The number of halogens is 1. The van der Waals surface area contributed by atoms with E-state index >= 15 is 0 Å². The number of ether oxygens (including phenoxy) is 3. The second-order valence-electron chi connectivity index (χ2n) is 5.11. The Bertz CT molecular complexity index is 443. The molecule has 1 rings (SSSR count). The van der Waals surface area contributed by atoms with Crippen LogP contribution in [-0.4, -0.2) is 80.0 Å². The molecule has 0 saturated carbocycles. The van der Waals surface area contributed by atoms with Crippen LogP contribution in [0.25, 0.3) is 0 Å². The minimum Gasteiger partial charge on any atom is -0.493 e. The van der Waals surface area contributed by atoms with E-state index in [0.29, 0.717) is 37.7 Å². The number of hydrogen-bond acceptors (Lipinski definition) is 7. The molecule has 1 aromatic rings. The summed E-state index contributed by atoms with van der Waals surface area (Å²) in [6, 6.07) is 5.50. The molecule has 1 unspecified atom stereocenters. The van der Waals surface area contributed by atoms with Gasteiger partial charge in [-0.05, 0) is 17.7 Å². The molecule has 8 heteroatoms. The first-order valence-electron chi connectivity index (χ1n) is 7.55. The molecule has 1 aromatic carbocycles. The average molecular weight is 366 g/mol. The molecule has 0 fully saturated rings. The summed E-state index contributed by atoms with van der Waals surface area (Å²) in [6.07, 6.45) is -0.687. The van der Waals surface area contributed by atoms with E-state index < -0.39 is 6.10 Å². The van der Waals surface area contributed by atoms with Gasteiger partial charge in [-0.2, -0.15) is 0 Å². The molecule has 0 bridgehead atoms. The van der Waals surface area contributed by atoms with E-state index in [1.54, 1.807) is 25.2 Å². The molecule has 0 spiro atoms. The van der Waals surface area contributed by atoms with Gasteiger partial charge < -0.3 is 29.5 Å². The molecular formula is C16H28ClNO6. The third-order valence-corrected chi connectivity index (χ3v) is 3.33. The predicted octanol–water partition coefficient (Wildman–Crippen LogP) is 0.290. The summed E-state index contributed by atoms with van der Waals surface area (Å²) in [5.41, 5.74) is 0.914. The summed E-state index contributed by atoms with van der Waals surface area (Å²) in [7, 11) is 3.15. The second-order valence-corrected chi connectivity index (χ2v) is 5.11. The fraction of sp³-hybridized carbons (Fsp3) is 0.625. The van der Waals surface area contributed by atoms with Crippen molar-refractivity contribution in [2.24, 2.45) is 0 Å². The van der Waals surface area contributed by atoms with Crippen molar-refractivity contribution in [2.75, 3.05) is 53.7 Å². The van der Waals surface area contributed by atoms with Crippen LogP contribution in [-0.2, 0) is 11.3 Å². The van der Waals surface area contributed by atoms with Crippen molar-refractivity contribution in [3.63, 3.8) is 0 Å². The number of nitrogens with zero attached hydrogens (tertiary/aromatic N) is 1. The van der Waals surface area contributed by atoms with Crippen LogP contribution in [0.2, 0.25) is 0 Å². The van der Waals surface area contributed by atoms with Crippen molar-refractivity contribution in [3.8, 4) is 11.5 Å². The smallest absolute Gasteiger partial charge is 0.161 e. The molecule has 0 aromatic heterocycles. The number of rotatable bonds is 12. The zero-order valence-corrected chi connectivity index (χ0v) is 15.0. The number of methoxy groups -OCH3 is 2. The molecule has 0 aliphatic rings. The van der Waals surface area contributed by atoms with Gasteiger partial charge >= 0.3 is 0 Å². The lowest BCUT2D eigenvalue weighted by Gasteiger charge is -2.23. The lowest BCUT2D eigenvalue weighted by atomic mass is 10.2. The van der Waals surface area contributed by atoms with Crippen molar-refractivity contribution in [3.05, 3.63) is 23.8 Å². The van der Waals surface area contributed by atoms with Crippen molar-refractivity contribution in [1.29, 1.82) is 0 Å². The SMILES string of the molecule is COc1ccc(COCC(O)CN(CCO)CCO)cc1OC.Cl.